The third-order valence-corrected chi connectivity index (χ3v) is 3.61. The summed E-state index contributed by atoms with van der Waals surface area (Å²) in [6, 6.07) is 0. The van der Waals surface area contributed by atoms with E-state index >= 15 is 0 Å². The summed E-state index contributed by atoms with van der Waals surface area (Å²) in [4.78, 5) is 17.0. The van der Waals surface area contributed by atoms with Crippen LogP contribution in [0, 0.1) is 0 Å². The molecule has 4 heteroatoms. The molecule has 0 bridgehead atoms. The Kier molecular flexibility index (Phi) is 2.88. The summed E-state index contributed by atoms with van der Waals surface area (Å²) >= 11 is 0. The first-order valence-electron chi connectivity index (χ1n) is 6.97. The average molecular weight is 248 g/mol. The number of aromatic nitrogens is 2. The summed E-state index contributed by atoms with van der Waals surface area (Å²) in [6.07, 6.45) is 5.57. The van der Waals surface area contributed by atoms with Gasteiger partial charge in [0.15, 0.2) is 5.69 Å². The summed E-state index contributed by atoms with van der Waals surface area (Å²) in [6.45, 7) is 4.70. The molecule has 1 aliphatic heterocycles. The second-order valence-electron chi connectivity index (χ2n) is 5.60. The zero-order chi connectivity index (χ0) is 12.7. The van der Waals surface area contributed by atoms with E-state index in [1.165, 1.54) is 19.3 Å². The normalized spacial score (nSPS) is 18.8. The van der Waals surface area contributed by atoms with Crippen molar-refractivity contribution in [2.75, 3.05) is 0 Å². The van der Waals surface area contributed by atoms with E-state index in [-0.39, 0.29) is 12.1 Å². The molecule has 2 heterocycles. The lowest BCUT2D eigenvalue weighted by Gasteiger charge is -2.16. The van der Waals surface area contributed by atoms with Crippen LogP contribution < -0.4 is 0 Å². The van der Waals surface area contributed by atoms with Gasteiger partial charge in [-0.15, -0.1) is 0 Å². The summed E-state index contributed by atoms with van der Waals surface area (Å²) in [7, 11) is 0. The van der Waals surface area contributed by atoms with Gasteiger partial charge in [0, 0.05) is 18.9 Å². The molecule has 1 saturated carbocycles. The molecule has 1 aromatic rings. The predicted octanol–water partition coefficient (Wildman–Crippen LogP) is 2.66. The SMILES string of the molecule is CC(C)OC(=O)c1c(C2CC2)nc2n1CCCC2. The fourth-order valence-electron chi connectivity index (χ4n) is 2.63. The maximum absolute atomic E-state index is 12.3. The molecule has 0 saturated heterocycles. The number of ether oxygens (including phenoxy) is 1. The van der Waals surface area contributed by atoms with Crippen LogP contribution in [0.2, 0.25) is 0 Å². The van der Waals surface area contributed by atoms with Crippen LogP contribution in [0.15, 0.2) is 0 Å². The van der Waals surface area contributed by atoms with E-state index in [0.29, 0.717) is 5.92 Å². The number of imidazole rings is 1. The Morgan fingerprint density at radius 3 is 2.83 bits per heavy atom. The fourth-order valence-corrected chi connectivity index (χ4v) is 2.63. The van der Waals surface area contributed by atoms with E-state index in [1.807, 2.05) is 13.8 Å². The van der Waals surface area contributed by atoms with Gasteiger partial charge in [0.2, 0.25) is 0 Å². The monoisotopic (exact) mass is 248 g/mol. The van der Waals surface area contributed by atoms with Crippen molar-refractivity contribution in [3.05, 3.63) is 17.2 Å². The Hall–Kier alpha value is -1.32. The van der Waals surface area contributed by atoms with Crippen LogP contribution in [0.1, 0.15) is 67.5 Å². The number of hydrogen-bond donors (Lipinski definition) is 0. The molecular formula is C14H20N2O2. The molecule has 0 amide bonds. The van der Waals surface area contributed by atoms with Crippen LogP contribution in [0.25, 0.3) is 0 Å². The Labute approximate surface area is 107 Å². The van der Waals surface area contributed by atoms with Crippen molar-refractivity contribution in [2.24, 2.45) is 0 Å². The first-order valence-corrected chi connectivity index (χ1v) is 6.97. The van der Waals surface area contributed by atoms with Crippen molar-refractivity contribution in [1.82, 2.24) is 9.55 Å². The van der Waals surface area contributed by atoms with E-state index in [2.05, 4.69) is 4.57 Å². The van der Waals surface area contributed by atoms with Gasteiger partial charge in [0.1, 0.15) is 5.82 Å². The van der Waals surface area contributed by atoms with Crippen molar-refractivity contribution in [3.8, 4) is 0 Å². The number of hydrogen-bond acceptors (Lipinski definition) is 3. The third-order valence-electron chi connectivity index (χ3n) is 3.61. The molecule has 98 valence electrons. The molecule has 0 radical (unpaired) electrons. The van der Waals surface area contributed by atoms with E-state index in [4.69, 9.17) is 9.72 Å². The van der Waals surface area contributed by atoms with E-state index in [0.717, 1.165) is 36.6 Å². The minimum absolute atomic E-state index is 0.0701. The summed E-state index contributed by atoms with van der Waals surface area (Å²) in [5.41, 5.74) is 1.73. The summed E-state index contributed by atoms with van der Waals surface area (Å²) < 4.78 is 7.48. The maximum atomic E-state index is 12.3. The van der Waals surface area contributed by atoms with Crippen LogP contribution in [0.4, 0.5) is 0 Å². The minimum Gasteiger partial charge on any atom is -0.458 e. The van der Waals surface area contributed by atoms with Crippen LogP contribution in [0.3, 0.4) is 0 Å². The van der Waals surface area contributed by atoms with Crippen molar-refractivity contribution < 1.29 is 9.53 Å². The number of carbonyl (C=O) groups is 1. The van der Waals surface area contributed by atoms with E-state index in [9.17, 15) is 4.79 Å². The quantitative estimate of drug-likeness (QED) is 0.772. The molecule has 0 atom stereocenters. The van der Waals surface area contributed by atoms with Gasteiger partial charge < -0.3 is 9.30 Å². The number of rotatable bonds is 3. The average Bonchev–Trinajstić information content (AvgIpc) is 3.08. The number of nitrogens with zero attached hydrogens (tertiary/aromatic N) is 2. The first kappa shape index (κ1) is 11.8. The summed E-state index contributed by atoms with van der Waals surface area (Å²) in [5, 5.41) is 0. The second kappa shape index (κ2) is 4.41. The van der Waals surface area contributed by atoms with Gasteiger partial charge in [0.25, 0.3) is 0 Å². The van der Waals surface area contributed by atoms with Gasteiger partial charge in [-0.1, -0.05) is 0 Å². The molecule has 3 rings (SSSR count). The molecular weight excluding hydrogens is 228 g/mol. The number of carbonyl (C=O) groups excluding carboxylic acids is 1. The molecule has 0 unspecified atom stereocenters. The fraction of sp³-hybridized carbons (Fsp3) is 0.714. The third kappa shape index (κ3) is 2.04. The number of fused-ring (bicyclic) bond motifs is 1. The molecule has 4 nitrogen and oxygen atoms in total. The van der Waals surface area contributed by atoms with Crippen molar-refractivity contribution in [2.45, 2.75) is 64.5 Å². The number of aryl methyl sites for hydroxylation is 1. The van der Waals surface area contributed by atoms with Crippen LogP contribution >= 0.6 is 0 Å². The largest absolute Gasteiger partial charge is 0.458 e. The van der Waals surface area contributed by atoms with E-state index in [1.54, 1.807) is 0 Å². The zero-order valence-electron chi connectivity index (χ0n) is 11.1. The molecule has 1 aliphatic carbocycles. The maximum Gasteiger partial charge on any atom is 0.357 e. The van der Waals surface area contributed by atoms with Crippen LogP contribution in [-0.4, -0.2) is 21.6 Å². The molecule has 2 aliphatic rings. The van der Waals surface area contributed by atoms with Crippen molar-refractivity contribution >= 4 is 5.97 Å². The topological polar surface area (TPSA) is 44.1 Å². The predicted molar refractivity (Wildman–Crippen MR) is 67.7 cm³/mol. The van der Waals surface area contributed by atoms with Crippen LogP contribution in [0.5, 0.6) is 0 Å². The Balaban J connectivity index is 1.99. The lowest BCUT2D eigenvalue weighted by atomic mass is 10.1. The molecule has 0 aromatic carbocycles. The van der Waals surface area contributed by atoms with Crippen LogP contribution in [-0.2, 0) is 17.7 Å². The molecule has 18 heavy (non-hydrogen) atoms. The van der Waals surface area contributed by atoms with E-state index < -0.39 is 0 Å². The molecule has 1 fully saturated rings. The standard InChI is InChI=1S/C14H20N2O2/c1-9(2)18-14(17)13-12(10-6-7-10)15-11-5-3-4-8-16(11)13/h9-10H,3-8H2,1-2H3. The van der Waals surface area contributed by atoms with Gasteiger partial charge in [0.05, 0.1) is 11.8 Å². The minimum atomic E-state index is -0.187. The summed E-state index contributed by atoms with van der Waals surface area (Å²) in [5.74, 6) is 1.39. The Bertz CT molecular complexity index is 472. The van der Waals surface area contributed by atoms with Gasteiger partial charge in [-0.25, -0.2) is 9.78 Å². The lowest BCUT2D eigenvalue weighted by Crippen LogP contribution is -2.20. The highest BCUT2D eigenvalue weighted by atomic mass is 16.5. The van der Waals surface area contributed by atoms with Gasteiger partial charge >= 0.3 is 5.97 Å². The molecule has 0 spiro atoms. The molecule has 0 N–H and O–H groups in total. The first-order chi connectivity index (χ1) is 8.66. The highest BCUT2D eigenvalue weighted by Gasteiger charge is 2.35. The van der Waals surface area contributed by atoms with Crippen molar-refractivity contribution in [3.63, 3.8) is 0 Å². The highest BCUT2D eigenvalue weighted by Crippen LogP contribution is 2.42. The lowest BCUT2D eigenvalue weighted by molar-refractivity contribution is 0.0362. The van der Waals surface area contributed by atoms with Gasteiger partial charge in [-0.05, 0) is 39.5 Å². The Morgan fingerprint density at radius 2 is 2.17 bits per heavy atom. The second-order valence-corrected chi connectivity index (χ2v) is 5.60. The Morgan fingerprint density at radius 1 is 1.39 bits per heavy atom. The number of esters is 1. The van der Waals surface area contributed by atoms with Gasteiger partial charge in [-0.2, -0.15) is 0 Å². The van der Waals surface area contributed by atoms with Crippen molar-refractivity contribution in [1.29, 1.82) is 0 Å². The zero-order valence-corrected chi connectivity index (χ0v) is 11.1. The smallest absolute Gasteiger partial charge is 0.357 e. The highest BCUT2D eigenvalue weighted by molar-refractivity contribution is 5.89. The molecule has 1 aromatic heterocycles. The van der Waals surface area contributed by atoms with Gasteiger partial charge in [-0.3, -0.25) is 0 Å².